The van der Waals surface area contributed by atoms with Gasteiger partial charge in [-0.2, -0.15) is 0 Å². The van der Waals surface area contributed by atoms with Crippen LogP contribution in [0.3, 0.4) is 0 Å². The standard InChI is InChI=1S/C16H19N5OS/c1-10-3-15(18-9-17-10)20-4-12-6-21(7-13(12)5-20)16(22)14-8-23-11(2)19-14/h3,8-9,12-13H,4-7H2,1-2H3. The summed E-state index contributed by atoms with van der Waals surface area (Å²) in [5.41, 5.74) is 1.58. The van der Waals surface area contributed by atoms with Crippen molar-refractivity contribution >= 4 is 23.1 Å². The van der Waals surface area contributed by atoms with Crippen LogP contribution in [0.1, 0.15) is 21.2 Å². The minimum atomic E-state index is 0.0770. The second kappa shape index (κ2) is 5.56. The van der Waals surface area contributed by atoms with Crippen LogP contribution >= 0.6 is 11.3 Å². The van der Waals surface area contributed by atoms with E-state index in [4.69, 9.17) is 0 Å². The smallest absolute Gasteiger partial charge is 0.273 e. The lowest BCUT2D eigenvalue weighted by Crippen LogP contribution is -2.33. The number of carbonyl (C=O) groups is 1. The summed E-state index contributed by atoms with van der Waals surface area (Å²) in [4.78, 5) is 29.7. The largest absolute Gasteiger partial charge is 0.356 e. The van der Waals surface area contributed by atoms with Gasteiger partial charge < -0.3 is 9.80 Å². The van der Waals surface area contributed by atoms with E-state index in [0.717, 1.165) is 42.7 Å². The zero-order chi connectivity index (χ0) is 16.0. The van der Waals surface area contributed by atoms with Gasteiger partial charge in [-0.1, -0.05) is 0 Å². The van der Waals surface area contributed by atoms with Crippen molar-refractivity contribution in [2.24, 2.45) is 11.8 Å². The van der Waals surface area contributed by atoms with Gasteiger partial charge in [0.05, 0.1) is 5.01 Å². The fourth-order valence-corrected chi connectivity index (χ4v) is 4.17. The maximum Gasteiger partial charge on any atom is 0.273 e. The minimum absolute atomic E-state index is 0.0770. The highest BCUT2D eigenvalue weighted by atomic mass is 32.1. The molecule has 2 aliphatic heterocycles. The number of nitrogens with zero attached hydrogens (tertiary/aromatic N) is 5. The fraction of sp³-hybridized carbons (Fsp3) is 0.500. The molecule has 2 atom stereocenters. The van der Waals surface area contributed by atoms with E-state index in [1.54, 1.807) is 6.33 Å². The molecule has 2 saturated heterocycles. The molecule has 4 rings (SSSR count). The lowest BCUT2D eigenvalue weighted by Gasteiger charge is -2.22. The number of likely N-dealkylation sites (tertiary alicyclic amines) is 1. The summed E-state index contributed by atoms with van der Waals surface area (Å²) in [5, 5.41) is 2.81. The average Bonchev–Trinajstić information content (AvgIpc) is 3.20. The normalized spacial score (nSPS) is 23.4. The van der Waals surface area contributed by atoms with Crippen molar-refractivity contribution in [1.29, 1.82) is 0 Å². The van der Waals surface area contributed by atoms with Crippen LogP contribution in [0.25, 0.3) is 0 Å². The molecule has 2 aliphatic rings. The molecule has 0 N–H and O–H groups in total. The number of carbonyl (C=O) groups excluding carboxylic acids is 1. The Morgan fingerprint density at radius 3 is 2.52 bits per heavy atom. The summed E-state index contributed by atoms with van der Waals surface area (Å²) in [6.07, 6.45) is 1.62. The zero-order valence-electron chi connectivity index (χ0n) is 13.3. The molecule has 0 radical (unpaired) electrons. The molecule has 2 aromatic rings. The van der Waals surface area contributed by atoms with Gasteiger partial charge in [-0.15, -0.1) is 11.3 Å². The Morgan fingerprint density at radius 2 is 1.91 bits per heavy atom. The minimum Gasteiger partial charge on any atom is -0.356 e. The Labute approximate surface area is 139 Å². The van der Waals surface area contributed by atoms with Crippen LogP contribution in [0.15, 0.2) is 17.8 Å². The third-order valence-electron chi connectivity index (χ3n) is 4.72. The second-order valence-corrected chi connectivity index (χ2v) is 7.47. The highest BCUT2D eigenvalue weighted by Gasteiger charge is 2.42. The molecule has 0 aromatic carbocycles. The molecule has 2 fully saturated rings. The average molecular weight is 329 g/mol. The van der Waals surface area contributed by atoms with Crippen LogP contribution in [-0.4, -0.2) is 51.9 Å². The molecular weight excluding hydrogens is 310 g/mol. The topological polar surface area (TPSA) is 62.2 Å². The van der Waals surface area contributed by atoms with Gasteiger partial charge >= 0.3 is 0 Å². The van der Waals surface area contributed by atoms with E-state index in [-0.39, 0.29) is 5.91 Å². The number of aromatic nitrogens is 3. The Morgan fingerprint density at radius 1 is 1.17 bits per heavy atom. The van der Waals surface area contributed by atoms with Crippen LogP contribution < -0.4 is 4.90 Å². The summed E-state index contributed by atoms with van der Waals surface area (Å²) >= 11 is 1.53. The van der Waals surface area contributed by atoms with Gasteiger partial charge in [0.2, 0.25) is 0 Å². The first-order chi connectivity index (χ1) is 11.1. The van der Waals surface area contributed by atoms with Crippen LogP contribution in [0, 0.1) is 25.7 Å². The fourth-order valence-electron chi connectivity index (χ4n) is 3.58. The molecule has 120 valence electrons. The second-order valence-electron chi connectivity index (χ2n) is 6.40. The third-order valence-corrected chi connectivity index (χ3v) is 5.50. The monoisotopic (exact) mass is 329 g/mol. The van der Waals surface area contributed by atoms with Gasteiger partial charge in [0, 0.05) is 55.2 Å². The van der Waals surface area contributed by atoms with Crippen LogP contribution in [0.5, 0.6) is 0 Å². The van der Waals surface area contributed by atoms with Crippen molar-refractivity contribution in [3.05, 3.63) is 34.2 Å². The molecule has 7 heteroatoms. The van der Waals surface area contributed by atoms with Gasteiger partial charge in [-0.05, 0) is 13.8 Å². The molecular formula is C16H19N5OS. The molecule has 6 nitrogen and oxygen atoms in total. The molecule has 4 heterocycles. The summed E-state index contributed by atoms with van der Waals surface area (Å²) in [7, 11) is 0. The van der Waals surface area contributed by atoms with Gasteiger partial charge in [-0.3, -0.25) is 4.79 Å². The lowest BCUT2D eigenvalue weighted by atomic mass is 10.0. The van der Waals surface area contributed by atoms with E-state index >= 15 is 0 Å². The number of hydrogen-bond acceptors (Lipinski definition) is 6. The SMILES string of the molecule is Cc1cc(N2CC3CN(C(=O)c4csc(C)n4)CC3C2)ncn1. The Hall–Kier alpha value is -2.02. The van der Waals surface area contributed by atoms with E-state index in [1.807, 2.05) is 30.2 Å². The van der Waals surface area contributed by atoms with Crippen LogP contribution in [0.2, 0.25) is 0 Å². The van der Waals surface area contributed by atoms with E-state index in [9.17, 15) is 4.79 Å². The van der Waals surface area contributed by atoms with E-state index < -0.39 is 0 Å². The molecule has 2 aromatic heterocycles. The summed E-state index contributed by atoms with van der Waals surface area (Å²) < 4.78 is 0. The molecule has 2 unspecified atom stereocenters. The lowest BCUT2D eigenvalue weighted by molar-refractivity contribution is 0.0777. The first-order valence-corrected chi connectivity index (χ1v) is 8.73. The number of rotatable bonds is 2. The van der Waals surface area contributed by atoms with E-state index in [1.165, 1.54) is 11.3 Å². The van der Waals surface area contributed by atoms with Crippen molar-refractivity contribution in [1.82, 2.24) is 19.9 Å². The number of anilines is 1. The van der Waals surface area contributed by atoms with Gasteiger partial charge in [0.25, 0.3) is 5.91 Å². The quantitative estimate of drug-likeness (QED) is 0.840. The number of fused-ring (bicyclic) bond motifs is 1. The number of aryl methyl sites for hydroxylation is 2. The predicted octanol–water partition coefficient (Wildman–Crippen LogP) is 1.76. The Kier molecular flexibility index (Phi) is 3.52. The number of thiazole rings is 1. The zero-order valence-corrected chi connectivity index (χ0v) is 14.1. The summed E-state index contributed by atoms with van der Waals surface area (Å²) in [5.74, 6) is 2.12. The number of amides is 1. The van der Waals surface area contributed by atoms with Gasteiger partial charge in [0.15, 0.2) is 0 Å². The van der Waals surface area contributed by atoms with Gasteiger partial charge in [-0.25, -0.2) is 15.0 Å². The van der Waals surface area contributed by atoms with Crippen molar-refractivity contribution in [2.75, 3.05) is 31.1 Å². The van der Waals surface area contributed by atoms with Crippen molar-refractivity contribution < 1.29 is 4.79 Å². The molecule has 0 spiro atoms. The van der Waals surface area contributed by atoms with E-state index in [0.29, 0.717) is 17.5 Å². The molecule has 0 bridgehead atoms. The predicted molar refractivity (Wildman–Crippen MR) is 88.7 cm³/mol. The van der Waals surface area contributed by atoms with E-state index in [2.05, 4.69) is 19.9 Å². The van der Waals surface area contributed by atoms with Gasteiger partial charge in [0.1, 0.15) is 17.8 Å². The van der Waals surface area contributed by atoms with Crippen LogP contribution in [0.4, 0.5) is 5.82 Å². The molecule has 1 amide bonds. The molecule has 0 aliphatic carbocycles. The Bertz CT molecular complexity index is 732. The third kappa shape index (κ3) is 2.69. The number of hydrogen-bond donors (Lipinski definition) is 0. The maximum atomic E-state index is 12.5. The molecule has 23 heavy (non-hydrogen) atoms. The highest BCUT2D eigenvalue weighted by molar-refractivity contribution is 7.09. The van der Waals surface area contributed by atoms with Crippen molar-refractivity contribution in [3.8, 4) is 0 Å². The van der Waals surface area contributed by atoms with Crippen molar-refractivity contribution in [3.63, 3.8) is 0 Å². The van der Waals surface area contributed by atoms with Crippen LogP contribution in [-0.2, 0) is 0 Å². The molecule has 0 saturated carbocycles. The van der Waals surface area contributed by atoms with Crippen molar-refractivity contribution in [2.45, 2.75) is 13.8 Å². The first kappa shape index (κ1) is 14.6. The summed E-state index contributed by atoms with van der Waals surface area (Å²) in [6.45, 7) is 7.48. The highest BCUT2D eigenvalue weighted by Crippen LogP contribution is 2.34. The Balaban J connectivity index is 1.43. The maximum absolute atomic E-state index is 12.5. The first-order valence-electron chi connectivity index (χ1n) is 7.85. The summed E-state index contributed by atoms with van der Waals surface area (Å²) in [6, 6.07) is 2.03.